The van der Waals surface area contributed by atoms with Gasteiger partial charge in [-0.25, -0.2) is 0 Å². The monoisotopic (exact) mass is 316 g/mol. The normalized spacial score (nSPS) is 20.6. The second-order valence-electron chi connectivity index (χ2n) is 5.06. The molecule has 3 nitrogen and oxygen atoms in total. The predicted molar refractivity (Wildman–Crippen MR) is 74.6 cm³/mol. The largest absolute Gasteiger partial charge is 0.335 e. The Morgan fingerprint density at radius 1 is 1.47 bits per heavy atom. The summed E-state index contributed by atoms with van der Waals surface area (Å²) in [5, 5.41) is 1.94. The zero-order chi connectivity index (χ0) is 12.6. The lowest BCUT2D eigenvalue weighted by Crippen LogP contribution is -2.58. The van der Waals surface area contributed by atoms with Crippen LogP contribution in [0.3, 0.4) is 0 Å². The maximum absolute atomic E-state index is 12.4. The summed E-state index contributed by atoms with van der Waals surface area (Å²) in [6.07, 6.45) is 0. The lowest BCUT2D eigenvalue weighted by Gasteiger charge is -2.45. The molecule has 1 aliphatic heterocycles. The standard InChI is InChI=1S/C12H17BrN2OS/c1-12(2)8-15(6-5-14(12)3)11(16)10-9(13)4-7-17-10/h4,7H,5-6,8H2,1-3H3. The zero-order valence-electron chi connectivity index (χ0n) is 10.4. The van der Waals surface area contributed by atoms with Crippen molar-refractivity contribution in [1.29, 1.82) is 0 Å². The number of nitrogens with zero attached hydrogens (tertiary/aromatic N) is 2. The van der Waals surface area contributed by atoms with Crippen molar-refractivity contribution >= 4 is 33.2 Å². The number of amides is 1. The Morgan fingerprint density at radius 2 is 2.18 bits per heavy atom. The van der Waals surface area contributed by atoms with Crippen LogP contribution in [0.1, 0.15) is 23.5 Å². The third-order valence-electron chi connectivity index (χ3n) is 3.42. The summed E-state index contributed by atoms with van der Waals surface area (Å²) in [7, 11) is 2.11. The van der Waals surface area contributed by atoms with Gasteiger partial charge in [0.25, 0.3) is 5.91 Å². The Bertz CT molecular complexity index is 430. The van der Waals surface area contributed by atoms with Crippen LogP contribution in [0.5, 0.6) is 0 Å². The molecule has 0 aliphatic carbocycles. The Morgan fingerprint density at radius 3 is 2.71 bits per heavy atom. The molecule has 0 aromatic carbocycles. The van der Waals surface area contributed by atoms with Gasteiger partial charge in [-0.15, -0.1) is 11.3 Å². The van der Waals surface area contributed by atoms with Crippen molar-refractivity contribution in [3.05, 3.63) is 20.8 Å². The van der Waals surface area contributed by atoms with Gasteiger partial charge in [-0.05, 0) is 48.3 Å². The molecule has 2 rings (SSSR count). The molecule has 0 saturated carbocycles. The fourth-order valence-corrected chi connectivity index (χ4v) is 3.51. The second kappa shape index (κ2) is 4.71. The predicted octanol–water partition coefficient (Wildman–Crippen LogP) is 2.68. The minimum atomic E-state index is 0.0532. The first kappa shape index (κ1) is 13.1. The van der Waals surface area contributed by atoms with Crippen LogP contribution in [0.2, 0.25) is 0 Å². The zero-order valence-corrected chi connectivity index (χ0v) is 12.8. The highest BCUT2D eigenvalue weighted by Gasteiger charge is 2.34. The van der Waals surface area contributed by atoms with Gasteiger partial charge in [0, 0.05) is 29.6 Å². The fraction of sp³-hybridized carbons (Fsp3) is 0.583. The summed E-state index contributed by atoms with van der Waals surface area (Å²) >= 11 is 4.93. The first-order valence-corrected chi connectivity index (χ1v) is 7.32. The molecule has 0 radical (unpaired) electrons. The van der Waals surface area contributed by atoms with Crippen molar-refractivity contribution < 1.29 is 4.79 Å². The number of rotatable bonds is 1. The van der Waals surface area contributed by atoms with Crippen molar-refractivity contribution in [3.8, 4) is 0 Å². The number of halogens is 1. The van der Waals surface area contributed by atoms with Gasteiger partial charge in [0.2, 0.25) is 0 Å². The molecule has 0 unspecified atom stereocenters. The summed E-state index contributed by atoms with van der Waals surface area (Å²) in [6.45, 7) is 6.88. The van der Waals surface area contributed by atoms with E-state index in [2.05, 4.69) is 41.7 Å². The quantitative estimate of drug-likeness (QED) is 0.795. The minimum absolute atomic E-state index is 0.0532. The van der Waals surface area contributed by atoms with E-state index >= 15 is 0 Å². The van der Waals surface area contributed by atoms with E-state index in [0.717, 1.165) is 29.0 Å². The average Bonchev–Trinajstić information content (AvgIpc) is 2.67. The van der Waals surface area contributed by atoms with Crippen LogP contribution in [0.4, 0.5) is 0 Å². The maximum Gasteiger partial charge on any atom is 0.265 e. The lowest BCUT2D eigenvalue weighted by molar-refractivity contribution is 0.0314. The van der Waals surface area contributed by atoms with Crippen LogP contribution in [0, 0.1) is 0 Å². The minimum Gasteiger partial charge on any atom is -0.335 e. The Hall–Kier alpha value is -0.390. The topological polar surface area (TPSA) is 23.6 Å². The Kier molecular flexibility index (Phi) is 3.61. The van der Waals surface area contributed by atoms with Crippen LogP contribution in [-0.4, -0.2) is 47.9 Å². The first-order valence-electron chi connectivity index (χ1n) is 5.65. The molecule has 1 aliphatic rings. The molecule has 2 heterocycles. The Labute approximate surface area is 115 Å². The van der Waals surface area contributed by atoms with E-state index in [1.807, 2.05) is 16.3 Å². The molecule has 1 fully saturated rings. The van der Waals surface area contributed by atoms with E-state index in [1.165, 1.54) is 11.3 Å². The molecule has 0 N–H and O–H groups in total. The number of carbonyl (C=O) groups is 1. The average molecular weight is 317 g/mol. The van der Waals surface area contributed by atoms with Crippen LogP contribution in [0.25, 0.3) is 0 Å². The molecule has 5 heteroatoms. The Balaban J connectivity index is 2.15. The highest BCUT2D eigenvalue weighted by Crippen LogP contribution is 2.27. The van der Waals surface area contributed by atoms with Gasteiger partial charge in [-0.1, -0.05) is 0 Å². The van der Waals surface area contributed by atoms with Gasteiger partial charge in [0.15, 0.2) is 0 Å². The number of hydrogen-bond donors (Lipinski definition) is 0. The molecule has 1 aromatic rings. The van der Waals surface area contributed by atoms with Crippen LogP contribution >= 0.6 is 27.3 Å². The third-order valence-corrected chi connectivity index (χ3v) is 5.24. The number of likely N-dealkylation sites (N-methyl/N-ethyl adjacent to an activating group) is 1. The molecule has 0 spiro atoms. The molecular formula is C12H17BrN2OS. The lowest BCUT2D eigenvalue weighted by atomic mass is 9.99. The second-order valence-corrected chi connectivity index (χ2v) is 6.83. The van der Waals surface area contributed by atoms with Crippen molar-refractivity contribution in [3.63, 3.8) is 0 Å². The fourth-order valence-electron chi connectivity index (χ4n) is 2.00. The molecule has 17 heavy (non-hydrogen) atoms. The van der Waals surface area contributed by atoms with Crippen LogP contribution < -0.4 is 0 Å². The molecular weight excluding hydrogens is 300 g/mol. The number of carbonyl (C=O) groups excluding carboxylic acids is 1. The van der Waals surface area contributed by atoms with E-state index in [-0.39, 0.29) is 11.4 Å². The van der Waals surface area contributed by atoms with Crippen molar-refractivity contribution in [2.75, 3.05) is 26.7 Å². The summed E-state index contributed by atoms with van der Waals surface area (Å²) in [6, 6.07) is 1.93. The third kappa shape index (κ3) is 2.56. The van der Waals surface area contributed by atoms with Crippen molar-refractivity contribution in [2.45, 2.75) is 19.4 Å². The van der Waals surface area contributed by atoms with Gasteiger partial charge < -0.3 is 4.90 Å². The van der Waals surface area contributed by atoms with Gasteiger partial charge in [-0.3, -0.25) is 9.69 Å². The van der Waals surface area contributed by atoms with E-state index in [9.17, 15) is 4.79 Å². The molecule has 0 bridgehead atoms. The molecule has 94 valence electrons. The van der Waals surface area contributed by atoms with Crippen molar-refractivity contribution in [2.24, 2.45) is 0 Å². The van der Waals surface area contributed by atoms with E-state index < -0.39 is 0 Å². The summed E-state index contributed by atoms with van der Waals surface area (Å²) < 4.78 is 0.907. The highest BCUT2D eigenvalue weighted by molar-refractivity contribution is 9.10. The molecule has 1 saturated heterocycles. The smallest absolute Gasteiger partial charge is 0.265 e. The molecule has 0 atom stereocenters. The number of hydrogen-bond acceptors (Lipinski definition) is 3. The summed E-state index contributed by atoms with van der Waals surface area (Å²) in [4.78, 5) is 17.4. The van der Waals surface area contributed by atoms with E-state index in [1.54, 1.807) is 0 Å². The summed E-state index contributed by atoms with van der Waals surface area (Å²) in [5.41, 5.74) is 0.0532. The van der Waals surface area contributed by atoms with Crippen molar-refractivity contribution in [1.82, 2.24) is 9.80 Å². The summed E-state index contributed by atoms with van der Waals surface area (Å²) in [5.74, 6) is 0.146. The van der Waals surface area contributed by atoms with Gasteiger partial charge in [0.1, 0.15) is 4.88 Å². The molecule has 1 amide bonds. The van der Waals surface area contributed by atoms with Gasteiger partial charge in [-0.2, -0.15) is 0 Å². The van der Waals surface area contributed by atoms with E-state index in [0.29, 0.717) is 0 Å². The first-order chi connectivity index (χ1) is 7.92. The van der Waals surface area contributed by atoms with Crippen LogP contribution in [0.15, 0.2) is 15.9 Å². The highest BCUT2D eigenvalue weighted by atomic mass is 79.9. The van der Waals surface area contributed by atoms with E-state index in [4.69, 9.17) is 0 Å². The maximum atomic E-state index is 12.4. The number of piperazine rings is 1. The van der Waals surface area contributed by atoms with Gasteiger partial charge >= 0.3 is 0 Å². The molecule has 1 aromatic heterocycles. The van der Waals surface area contributed by atoms with Gasteiger partial charge in [0.05, 0.1) is 0 Å². The SMILES string of the molecule is CN1CCN(C(=O)c2sccc2Br)CC1(C)C. The number of thiophene rings is 1. The van der Waals surface area contributed by atoms with Crippen LogP contribution in [-0.2, 0) is 0 Å².